The first-order valence-electron chi connectivity index (χ1n) is 12.1. The van der Waals surface area contributed by atoms with E-state index in [1.807, 2.05) is 18.2 Å². The zero-order valence-electron chi connectivity index (χ0n) is 20.8. The van der Waals surface area contributed by atoms with Crippen molar-refractivity contribution in [1.82, 2.24) is 5.32 Å². The molecule has 0 fully saturated rings. The molecule has 0 aliphatic carbocycles. The Bertz CT molecular complexity index is 1720. The van der Waals surface area contributed by atoms with Gasteiger partial charge in [0, 0.05) is 29.2 Å². The van der Waals surface area contributed by atoms with Crippen molar-refractivity contribution in [2.75, 3.05) is 12.4 Å². The molecule has 0 unspecified atom stereocenters. The lowest BCUT2D eigenvalue weighted by molar-refractivity contribution is -0.136. The number of hydrogen-bond acceptors (Lipinski definition) is 4. The van der Waals surface area contributed by atoms with Gasteiger partial charge in [-0.1, -0.05) is 30.3 Å². The molecule has 5 aromatic rings. The third kappa shape index (κ3) is 5.40. The summed E-state index contributed by atoms with van der Waals surface area (Å²) in [5.41, 5.74) is 4.37. The quantitative estimate of drug-likeness (QED) is 0.238. The number of carbonyl (C=O) groups excluding carboxylic acids is 2. The van der Waals surface area contributed by atoms with E-state index in [0.717, 1.165) is 11.1 Å². The monoisotopic (exact) mass is 522 g/mol. The zero-order valence-corrected chi connectivity index (χ0v) is 20.8. The molecular formula is C31H23FN2O5. The first-order chi connectivity index (χ1) is 18.8. The summed E-state index contributed by atoms with van der Waals surface area (Å²) in [6, 6.07) is 24.9. The van der Waals surface area contributed by atoms with Gasteiger partial charge in [0.2, 0.25) is 0 Å². The van der Waals surface area contributed by atoms with Crippen molar-refractivity contribution in [3.63, 3.8) is 0 Å². The maximum Gasteiger partial charge on any atom is 0.307 e. The minimum Gasteiger partial charge on any atom is -0.481 e. The van der Waals surface area contributed by atoms with E-state index < -0.39 is 11.8 Å². The number of furan rings is 1. The van der Waals surface area contributed by atoms with Crippen LogP contribution in [0.3, 0.4) is 0 Å². The topological polar surface area (TPSA) is 109 Å². The van der Waals surface area contributed by atoms with Crippen molar-refractivity contribution >= 4 is 34.4 Å². The van der Waals surface area contributed by atoms with Gasteiger partial charge in [-0.05, 0) is 77.4 Å². The molecule has 1 heterocycles. The second-order valence-electron chi connectivity index (χ2n) is 8.91. The van der Waals surface area contributed by atoms with Crippen molar-refractivity contribution in [3.8, 4) is 22.5 Å². The molecule has 0 aliphatic rings. The van der Waals surface area contributed by atoms with Gasteiger partial charge < -0.3 is 20.2 Å². The first kappa shape index (κ1) is 25.4. The molecule has 7 nitrogen and oxygen atoms in total. The van der Waals surface area contributed by atoms with Crippen LogP contribution in [0.15, 0.2) is 95.4 Å². The Hall–Kier alpha value is -5.24. The Labute approximate surface area is 222 Å². The molecule has 2 amide bonds. The van der Waals surface area contributed by atoms with Crippen LogP contribution in [0, 0.1) is 5.82 Å². The second kappa shape index (κ2) is 10.6. The van der Waals surface area contributed by atoms with Gasteiger partial charge in [-0.15, -0.1) is 0 Å². The fraction of sp³-hybridized carbons (Fsp3) is 0.0645. The molecule has 0 saturated carbocycles. The Morgan fingerprint density at radius 2 is 1.54 bits per heavy atom. The summed E-state index contributed by atoms with van der Waals surface area (Å²) in [4.78, 5) is 36.9. The number of carbonyl (C=O) groups is 3. The van der Waals surface area contributed by atoms with Crippen LogP contribution in [0.2, 0.25) is 0 Å². The maximum atomic E-state index is 13.5. The molecule has 8 heteroatoms. The van der Waals surface area contributed by atoms with Gasteiger partial charge in [0.1, 0.15) is 17.2 Å². The molecule has 1 aromatic heterocycles. The van der Waals surface area contributed by atoms with Crippen LogP contribution in [-0.4, -0.2) is 29.9 Å². The van der Waals surface area contributed by atoms with Gasteiger partial charge in [-0.3, -0.25) is 14.4 Å². The average Bonchev–Trinajstić information content (AvgIpc) is 3.31. The number of aliphatic carboxylic acids is 1. The average molecular weight is 523 g/mol. The number of halogens is 1. The number of amides is 2. The Morgan fingerprint density at radius 1 is 0.821 bits per heavy atom. The van der Waals surface area contributed by atoms with Gasteiger partial charge in [0.05, 0.1) is 12.0 Å². The molecule has 3 N–H and O–H groups in total. The van der Waals surface area contributed by atoms with Crippen LogP contribution in [0.5, 0.6) is 0 Å². The number of fused-ring (bicyclic) bond motifs is 1. The second-order valence-corrected chi connectivity index (χ2v) is 8.91. The summed E-state index contributed by atoms with van der Waals surface area (Å²) in [6.45, 7) is 0. The normalized spacial score (nSPS) is 10.8. The summed E-state index contributed by atoms with van der Waals surface area (Å²) in [5.74, 6) is -1.71. The molecule has 0 saturated heterocycles. The van der Waals surface area contributed by atoms with E-state index in [4.69, 9.17) is 9.52 Å². The highest BCUT2D eigenvalue weighted by atomic mass is 19.1. The molecule has 0 bridgehead atoms. The number of nitrogens with one attached hydrogen (secondary N) is 2. The summed E-state index contributed by atoms with van der Waals surface area (Å²) < 4.78 is 19.5. The van der Waals surface area contributed by atoms with Crippen LogP contribution < -0.4 is 10.6 Å². The van der Waals surface area contributed by atoms with E-state index in [2.05, 4.69) is 10.6 Å². The van der Waals surface area contributed by atoms with Gasteiger partial charge >= 0.3 is 5.97 Å². The smallest absolute Gasteiger partial charge is 0.307 e. The Kier molecular flexibility index (Phi) is 6.93. The number of carboxylic acids is 1. The molecule has 4 aromatic carbocycles. The number of carboxylic acid groups (broad SMARTS) is 1. The molecule has 39 heavy (non-hydrogen) atoms. The van der Waals surface area contributed by atoms with E-state index in [0.29, 0.717) is 44.7 Å². The predicted octanol–water partition coefficient (Wildman–Crippen LogP) is 6.14. The Morgan fingerprint density at radius 3 is 2.28 bits per heavy atom. The van der Waals surface area contributed by atoms with Crippen LogP contribution >= 0.6 is 0 Å². The molecule has 0 aliphatic heterocycles. The highest BCUT2D eigenvalue weighted by molar-refractivity contribution is 6.12. The van der Waals surface area contributed by atoms with Crippen molar-refractivity contribution < 1.29 is 28.3 Å². The third-order valence-corrected chi connectivity index (χ3v) is 6.25. The first-order valence-corrected chi connectivity index (χ1v) is 12.1. The number of rotatable bonds is 7. The largest absolute Gasteiger partial charge is 0.481 e. The summed E-state index contributed by atoms with van der Waals surface area (Å²) in [6.07, 6.45) is -0.142. The minimum atomic E-state index is -0.954. The fourth-order valence-electron chi connectivity index (χ4n) is 4.41. The maximum absolute atomic E-state index is 13.5. The lowest BCUT2D eigenvalue weighted by Gasteiger charge is -2.09. The predicted molar refractivity (Wildman–Crippen MR) is 146 cm³/mol. The highest BCUT2D eigenvalue weighted by Crippen LogP contribution is 2.36. The van der Waals surface area contributed by atoms with Crippen molar-refractivity contribution in [2.24, 2.45) is 0 Å². The van der Waals surface area contributed by atoms with Crippen molar-refractivity contribution in [2.45, 2.75) is 6.42 Å². The summed E-state index contributed by atoms with van der Waals surface area (Å²) >= 11 is 0. The fourth-order valence-corrected chi connectivity index (χ4v) is 4.41. The zero-order chi connectivity index (χ0) is 27.5. The van der Waals surface area contributed by atoms with Gasteiger partial charge in [-0.25, -0.2) is 4.39 Å². The highest BCUT2D eigenvalue weighted by Gasteiger charge is 2.22. The van der Waals surface area contributed by atoms with Gasteiger partial charge in [0.25, 0.3) is 11.8 Å². The van der Waals surface area contributed by atoms with Crippen molar-refractivity contribution in [1.29, 1.82) is 0 Å². The minimum absolute atomic E-state index is 0.142. The lowest BCUT2D eigenvalue weighted by atomic mass is 9.99. The van der Waals surface area contributed by atoms with Crippen LogP contribution in [0.4, 0.5) is 10.1 Å². The summed E-state index contributed by atoms with van der Waals surface area (Å²) in [7, 11) is 1.53. The van der Waals surface area contributed by atoms with E-state index in [9.17, 15) is 18.8 Å². The van der Waals surface area contributed by atoms with E-state index in [1.165, 1.54) is 19.2 Å². The van der Waals surface area contributed by atoms with Gasteiger partial charge in [0.15, 0.2) is 0 Å². The lowest BCUT2D eigenvalue weighted by Crippen LogP contribution is -2.18. The van der Waals surface area contributed by atoms with Gasteiger partial charge in [-0.2, -0.15) is 0 Å². The molecule has 194 valence electrons. The van der Waals surface area contributed by atoms with E-state index >= 15 is 0 Å². The van der Waals surface area contributed by atoms with E-state index in [-0.39, 0.29) is 18.2 Å². The number of benzene rings is 4. The van der Waals surface area contributed by atoms with Crippen molar-refractivity contribution in [3.05, 3.63) is 114 Å². The van der Waals surface area contributed by atoms with E-state index in [1.54, 1.807) is 60.7 Å². The Balaban J connectivity index is 1.49. The number of hydrogen-bond donors (Lipinski definition) is 3. The summed E-state index contributed by atoms with van der Waals surface area (Å²) in [5, 5.41) is 15.1. The standard InChI is InChI=1S/C31H23FN2O5/c1-33-31(38)28-25-17-21(10-13-26(25)39-29(28)19-8-11-23(32)12-9-19)20-5-3-6-22(16-20)30(37)34-24-7-2-4-18(14-24)15-27(35)36/h2-14,16-17H,15H2,1H3,(H,33,38)(H,34,37)(H,35,36). The molecule has 0 spiro atoms. The molecule has 5 rings (SSSR count). The molecule has 0 atom stereocenters. The number of anilines is 1. The van der Waals surface area contributed by atoms with Crippen LogP contribution in [-0.2, 0) is 11.2 Å². The van der Waals surface area contributed by atoms with Crippen LogP contribution in [0.25, 0.3) is 33.4 Å². The van der Waals surface area contributed by atoms with Crippen LogP contribution in [0.1, 0.15) is 26.3 Å². The molecular weight excluding hydrogens is 499 g/mol. The third-order valence-electron chi connectivity index (χ3n) is 6.25. The molecule has 0 radical (unpaired) electrons. The SMILES string of the molecule is CNC(=O)c1c(-c2ccc(F)cc2)oc2ccc(-c3cccc(C(=O)Nc4cccc(CC(=O)O)c4)c3)cc12.